The Bertz CT molecular complexity index is 838. The molecular formula is C11H6F3N5OS. The lowest BCUT2D eigenvalue weighted by Crippen LogP contribution is -2.11. The SMILES string of the molecule is NC(=O)c1cccc(-c2nn3c(C(F)(F)F)nnc3s2)c1. The van der Waals surface area contributed by atoms with Crippen LogP contribution in [0.5, 0.6) is 0 Å². The van der Waals surface area contributed by atoms with Crippen LogP contribution >= 0.6 is 11.3 Å². The van der Waals surface area contributed by atoms with Crippen molar-refractivity contribution in [2.24, 2.45) is 5.73 Å². The number of alkyl halides is 3. The maximum absolute atomic E-state index is 12.7. The monoisotopic (exact) mass is 313 g/mol. The van der Waals surface area contributed by atoms with E-state index in [1.54, 1.807) is 12.1 Å². The van der Waals surface area contributed by atoms with E-state index in [4.69, 9.17) is 5.73 Å². The van der Waals surface area contributed by atoms with E-state index >= 15 is 0 Å². The van der Waals surface area contributed by atoms with E-state index in [-0.39, 0.29) is 15.5 Å². The molecule has 1 aromatic carbocycles. The van der Waals surface area contributed by atoms with Crippen LogP contribution in [0.25, 0.3) is 15.5 Å². The molecule has 6 nitrogen and oxygen atoms in total. The number of amides is 1. The van der Waals surface area contributed by atoms with E-state index < -0.39 is 17.9 Å². The Labute approximate surface area is 119 Å². The summed E-state index contributed by atoms with van der Waals surface area (Å²) >= 11 is 0.934. The molecule has 0 fully saturated rings. The summed E-state index contributed by atoms with van der Waals surface area (Å²) in [5.74, 6) is -1.82. The minimum atomic E-state index is -4.64. The van der Waals surface area contributed by atoms with Gasteiger partial charge in [0.25, 0.3) is 5.82 Å². The summed E-state index contributed by atoms with van der Waals surface area (Å²) in [4.78, 5) is 11.1. The summed E-state index contributed by atoms with van der Waals surface area (Å²) in [5, 5.41) is 10.6. The highest BCUT2D eigenvalue weighted by atomic mass is 32.1. The molecule has 0 bridgehead atoms. The molecule has 0 aliphatic carbocycles. The Morgan fingerprint density at radius 1 is 1.29 bits per heavy atom. The number of nitrogens with zero attached hydrogens (tertiary/aromatic N) is 4. The topological polar surface area (TPSA) is 86.2 Å². The minimum absolute atomic E-state index is 0.0156. The van der Waals surface area contributed by atoms with Gasteiger partial charge in [0.15, 0.2) is 0 Å². The van der Waals surface area contributed by atoms with Crippen molar-refractivity contribution >= 4 is 22.2 Å². The van der Waals surface area contributed by atoms with Gasteiger partial charge in [-0.05, 0) is 12.1 Å². The lowest BCUT2D eigenvalue weighted by Gasteiger charge is -2.01. The number of benzene rings is 1. The Morgan fingerprint density at radius 2 is 2.05 bits per heavy atom. The average Bonchev–Trinajstić information content (AvgIpc) is 2.96. The predicted molar refractivity (Wildman–Crippen MR) is 67.6 cm³/mol. The first kappa shape index (κ1) is 13.5. The van der Waals surface area contributed by atoms with Gasteiger partial charge in [-0.25, -0.2) is 0 Å². The Hall–Kier alpha value is -2.49. The molecule has 2 heterocycles. The van der Waals surface area contributed by atoms with E-state index in [0.29, 0.717) is 10.1 Å². The maximum Gasteiger partial charge on any atom is 0.453 e. The molecule has 0 saturated carbocycles. The Kier molecular flexibility index (Phi) is 2.90. The standard InChI is InChI=1S/C11H6F3N5OS/c12-11(13,14)9-16-17-10-19(9)18-8(21-10)6-3-1-2-5(4-6)7(15)20/h1-4H,(H2,15,20). The molecule has 2 aromatic heterocycles. The van der Waals surface area contributed by atoms with Gasteiger partial charge in [0, 0.05) is 11.1 Å². The number of carbonyl (C=O) groups is 1. The lowest BCUT2D eigenvalue weighted by atomic mass is 10.1. The fourth-order valence-corrected chi connectivity index (χ4v) is 2.55. The fourth-order valence-electron chi connectivity index (χ4n) is 1.72. The first-order chi connectivity index (χ1) is 9.86. The van der Waals surface area contributed by atoms with Crippen LogP contribution in [0.15, 0.2) is 24.3 Å². The lowest BCUT2D eigenvalue weighted by molar-refractivity contribution is -0.146. The van der Waals surface area contributed by atoms with Crippen LogP contribution < -0.4 is 5.73 Å². The summed E-state index contributed by atoms with van der Waals surface area (Å²) in [6.45, 7) is 0. The largest absolute Gasteiger partial charge is 0.453 e. The molecule has 2 N–H and O–H groups in total. The van der Waals surface area contributed by atoms with Crippen molar-refractivity contribution in [1.82, 2.24) is 19.8 Å². The summed E-state index contributed by atoms with van der Waals surface area (Å²) in [7, 11) is 0. The molecule has 0 spiro atoms. The molecule has 0 radical (unpaired) electrons. The molecular weight excluding hydrogens is 307 g/mol. The van der Waals surface area contributed by atoms with Gasteiger partial charge in [0.1, 0.15) is 5.01 Å². The second kappa shape index (κ2) is 4.52. The van der Waals surface area contributed by atoms with Crippen molar-refractivity contribution < 1.29 is 18.0 Å². The predicted octanol–water partition coefficient (Wildman–Crippen LogP) is 1.97. The molecule has 0 unspecified atom stereocenters. The number of aromatic nitrogens is 4. The molecule has 0 aliphatic rings. The zero-order valence-corrected chi connectivity index (χ0v) is 10.9. The molecule has 0 saturated heterocycles. The number of carbonyl (C=O) groups excluding carboxylic acids is 1. The van der Waals surface area contributed by atoms with E-state index in [0.717, 1.165) is 11.3 Å². The van der Waals surface area contributed by atoms with Crippen molar-refractivity contribution in [3.63, 3.8) is 0 Å². The number of hydrogen-bond acceptors (Lipinski definition) is 5. The molecule has 21 heavy (non-hydrogen) atoms. The second-order valence-corrected chi connectivity index (χ2v) is 5.02. The first-order valence-corrected chi connectivity index (χ1v) is 6.37. The number of rotatable bonds is 2. The van der Waals surface area contributed by atoms with E-state index in [1.165, 1.54) is 12.1 Å². The zero-order chi connectivity index (χ0) is 15.2. The van der Waals surface area contributed by atoms with Gasteiger partial charge in [-0.15, -0.1) is 10.2 Å². The normalized spacial score (nSPS) is 12.0. The van der Waals surface area contributed by atoms with Gasteiger partial charge in [0.2, 0.25) is 10.9 Å². The highest BCUT2D eigenvalue weighted by Crippen LogP contribution is 2.31. The van der Waals surface area contributed by atoms with E-state index in [9.17, 15) is 18.0 Å². The van der Waals surface area contributed by atoms with Gasteiger partial charge in [0.05, 0.1) is 0 Å². The van der Waals surface area contributed by atoms with Crippen molar-refractivity contribution in [3.8, 4) is 10.6 Å². The second-order valence-electron chi connectivity index (χ2n) is 4.07. The molecule has 3 aromatic rings. The number of halogens is 3. The number of nitrogens with two attached hydrogens (primary N) is 1. The van der Waals surface area contributed by atoms with Crippen molar-refractivity contribution in [2.45, 2.75) is 6.18 Å². The number of fused-ring (bicyclic) bond motifs is 1. The first-order valence-electron chi connectivity index (χ1n) is 5.56. The smallest absolute Gasteiger partial charge is 0.366 e. The summed E-state index contributed by atoms with van der Waals surface area (Å²) in [6, 6.07) is 6.16. The van der Waals surface area contributed by atoms with Crippen LogP contribution in [0.4, 0.5) is 13.2 Å². The molecule has 0 aliphatic heterocycles. The third kappa shape index (κ3) is 2.33. The zero-order valence-electron chi connectivity index (χ0n) is 10.1. The average molecular weight is 313 g/mol. The highest BCUT2D eigenvalue weighted by Gasteiger charge is 2.38. The number of primary amides is 1. The fraction of sp³-hybridized carbons (Fsp3) is 0.0909. The molecule has 1 amide bonds. The Balaban J connectivity index is 2.12. The maximum atomic E-state index is 12.7. The summed E-state index contributed by atoms with van der Waals surface area (Å²) in [6.07, 6.45) is -4.64. The highest BCUT2D eigenvalue weighted by molar-refractivity contribution is 7.19. The van der Waals surface area contributed by atoms with Gasteiger partial charge < -0.3 is 5.73 Å². The summed E-state index contributed by atoms with van der Waals surface area (Å²) < 4.78 is 38.8. The van der Waals surface area contributed by atoms with Crippen LogP contribution in [-0.2, 0) is 6.18 Å². The van der Waals surface area contributed by atoms with Crippen molar-refractivity contribution in [1.29, 1.82) is 0 Å². The quantitative estimate of drug-likeness (QED) is 0.783. The Morgan fingerprint density at radius 3 is 2.71 bits per heavy atom. The third-order valence-corrected chi connectivity index (χ3v) is 3.59. The van der Waals surface area contributed by atoms with Crippen molar-refractivity contribution in [3.05, 3.63) is 35.7 Å². The summed E-state index contributed by atoms with van der Waals surface area (Å²) in [5.41, 5.74) is 5.89. The van der Waals surface area contributed by atoms with Crippen LogP contribution in [0.1, 0.15) is 16.2 Å². The molecule has 3 rings (SSSR count). The van der Waals surface area contributed by atoms with Crippen molar-refractivity contribution in [2.75, 3.05) is 0 Å². The van der Waals surface area contributed by atoms with Gasteiger partial charge in [-0.1, -0.05) is 23.5 Å². The molecule has 108 valence electrons. The van der Waals surface area contributed by atoms with Crippen LogP contribution in [0.2, 0.25) is 0 Å². The van der Waals surface area contributed by atoms with Crippen LogP contribution in [0.3, 0.4) is 0 Å². The molecule has 0 atom stereocenters. The van der Waals surface area contributed by atoms with Crippen LogP contribution in [0, 0.1) is 0 Å². The molecule has 10 heteroatoms. The van der Waals surface area contributed by atoms with E-state index in [1.807, 2.05) is 0 Å². The van der Waals surface area contributed by atoms with Crippen LogP contribution in [-0.4, -0.2) is 25.7 Å². The van der Waals surface area contributed by atoms with Gasteiger partial charge in [-0.2, -0.15) is 22.8 Å². The van der Waals surface area contributed by atoms with Gasteiger partial charge >= 0.3 is 6.18 Å². The van der Waals surface area contributed by atoms with Gasteiger partial charge in [-0.3, -0.25) is 4.79 Å². The minimum Gasteiger partial charge on any atom is -0.366 e. The number of hydrogen-bond donors (Lipinski definition) is 1. The third-order valence-electron chi connectivity index (χ3n) is 2.64. The van der Waals surface area contributed by atoms with E-state index in [2.05, 4.69) is 15.3 Å².